The fourth-order valence-corrected chi connectivity index (χ4v) is 3.10. The molecule has 1 fully saturated rings. The van der Waals surface area contributed by atoms with Crippen LogP contribution in [-0.2, 0) is 11.2 Å². The summed E-state index contributed by atoms with van der Waals surface area (Å²) in [5.41, 5.74) is 1.67. The summed E-state index contributed by atoms with van der Waals surface area (Å²) in [4.78, 5) is 28.3. The molecule has 2 aliphatic heterocycles. The molecule has 5 heteroatoms. The number of fused-ring (bicyclic) bond motifs is 1. The Morgan fingerprint density at radius 2 is 2.14 bits per heavy atom. The quantitative estimate of drug-likeness (QED) is 0.824. The SMILES string of the molecule is CN(C)C(=O)C1CCCN1C(=O)c1cccc2c1OCC2. The van der Waals surface area contributed by atoms with Crippen LogP contribution >= 0.6 is 0 Å². The zero-order chi connectivity index (χ0) is 15.0. The topological polar surface area (TPSA) is 49.9 Å². The largest absolute Gasteiger partial charge is 0.492 e. The number of likely N-dealkylation sites (tertiary alicyclic amines) is 1. The van der Waals surface area contributed by atoms with Gasteiger partial charge in [0, 0.05) is 27.1 Å². The Morgan fingerprint density at radius 1 is 1.33 bits per heavy atom. The first-order valence-electron chi connectivity index (χ1n) is 7.36. The molecule has 2 aliphatic rings. The fourth-order valence-electron chi connectivity index (χ4n) is 3.10. The fraction of sp³-hybridized carbons (Fsp3) is 0.500. The van der Waals surface area contributed by atoms with Crippen molar-refractivity contribution in [2.24, 2.45) is 0 Å². The van der Waals surface area contributed by atoms with Crippen molar-refractivity contribution in [1.29, 1.82) is 0 Å². The monoisotopic (exact) mass is 288 g/mol. The standard InChI is InChI=1S/C16H20N2O3/c1-17(2)16(20)13-7-4-9-18(13)15(19)12-6-3-5-11-8-10-21-14(11)12/h3,5-6,13H,4,7-10H2,1-2H3. The van der Waals surface area contributed by atoms with Gasteiger partial charge in [-0.2, -0.15) is 0 Å². The number of nitrogens with zero attached hydrogens (tertiary/aromatic N) is 2. The molecule has 0 radical (unpaired) electrons. The Morgan fingerprint density at radius 3 is 2.90 bits per heavy atom. The normalized spacial score (nSPS) is 20.1. The van der Waals surface area contributed by atoms with E-state index in [1.165, 1.54) is 0 Å². The van der Waals surface area contributed by atoms with Gasteiger partial charge in [0.1, 0.15) is 11.8 Å². The van der Waals surface area contributed by atoms with E-state index in [1.54, 1.807) is 30.0 Å². The summed E-state index contributed by atoms with van der Waals surface area (Å²) in [6, 6.07) is 5.33. The van der Waals surface area contributed by atoms with Gasteiger partial charge in [-0.25, -0.2) is 0 Å². The number of ether oxygens (including phenoxy) is 1. The second-order valence-corrected chi connectivity index (χ2v) is 5.78. The molecular formula is C16H20N2O3. The molecule has 0 aromatic heterocycles. The maximum absolute atomic E-state index is 12.8. The number of rotatable bonds is 2. The highest BCUT2D eigenvalue weighted by Crippen LogP contribution is 2.32. The Balaban J connectivity index is 1.88. The van der Waals surface area contributed by atoms with Gasteiger partial charge < -0.3 is 14.5 Å². The van der Waals surface area contributed by atoms with Crippen LogP contribution in [0.2, 0.25) is 0 Å². The lowest BCUT2D eigenvalue weighted by Crippen LogP contribution is -2.45. The number of para-hydroxylation sites is 1. The zero-order valence-corrected chi connectivity index (χ0v) is 12.5. The van der Waals surface area contributed by atoms with Gasteiger partial charge >= 0.3 is 0 Å². The van der Waals surface area contributed by atoms with Gasteiger partial charge in [-0.15, -0.1) is 0 Å². The van der Waals surface area contributed by atoms with Crippen molar-refractivity contribution >= 4 is 11.8 Å². The smallest absolute Gasteiger partial charge is 0.258 e. The highest BCUT2D eigenvalue weighted by molar-refractivity contribution is 6.00. The van der Waals surface area contributed by atoms with E-state index in [-0.39, 0.29) is 17.9 Å². The van der Waals surface area contributed by atoms with E-state index in [1.807, 2.05) is 12.1 Å². The summed E-state index contributed by atoms with van der Waals surface area (Å²) in [5.74, 6) is 0.603. The highest BCUT2D eigenvalue weighted by atomic mass is 16.5. The first-order valence-corrected chi connectivity index (χ1v) is 7.36. The second-order valence-electron chi connectivity index (χ2n) is 5.78. The van der Waals surface area contributed by atoms with Gasteiger partial charge in [0.15, 0.2) is 0 Å². The molecular weight excluding hydrogens is 268 g/mol. The van der Waals surface area contributed by atoms with Crippen LogP contribution in [0.15, 0.2) is 18.2 Å². The van der Waals surface area contributed by atoms with Crippen molar-refractivity contribution < 1.29 is 14.3 Å². The average molecular weight is 288 g/mol. The Kier molecular flexibility index (Phi) is 3.57. The zero-order valence-electron chi connectivity index (χ0n) is 12.5. The van der Waals surface area contributed by atoms with Crippen molar-refractivity contribution in [3.05, 3.63) is 29.3 Å². The molecule has 1 aromatic carbocycles. The van der Waals surface area contributed by atoms with Crippen LogP contribution in [0.1, 0.15) is 28.8 Å². The number of likely N-dealkylation sites (N-methyl/N-ethyl adjacent to an activating group) is 1. The van der Waals surface area contributed by atoms with Crippen LogP contribution in [0.4, 0.5) is 0 Å². The van der Waals surface area contributed by atoms with Crippen molar-refractivity contribution in [3.8, 4) is 5.75 Å². The maximum Gasteiger partial charge on any atom is 0.258 e. The van der Waals surface area contributed by atoms with Crippen LogP contribution < -0.4 is 4.74 Å². The third-order valence-electron chi connectivity index (χ3n) is 4.18. The molecule has 0 N–H and O–H groups in total. The number of benzene rings is 1. The molecule has 21 heavy (non-hydrogen) atoms. The third kappa shape index (κ3) is 2.37. The summed E-state index contributed by atoms with van der Waals surface area (Å²) in [7, 11) is 3.46. The molecule has 1 saturated heterocycles. The average Bonchev–Trinajstić information content (AvgIpc) is 3.13. The third-order valence-corrected chi connectivity index (χ3v) is 4.18. The Labute approximate surface area is 124 Å². The number of amides is 2. The van der Waals surface area contributed by atoms with E-state index in [0.717, 1.165) is 24.8 Å². The highest BCUT2D eigenvalue weighted by Gasteiger charge is 2.36. The lowest BCUT2D eigenvalue weighted by atomic mass is 10.1. The summed E-state index contributed by atoms with van der Waals surface area (Å²) in [5, 5.41) is 0. The first-order chi connectivity index (χ1) is 10.1. The molecule has 2 amide bonds. The van der Waals surface area contributed by atoms with E-state index < -0.39 is 0 Å². The van der Waals surface area contributed by atoms with Crippen LogP contribution in [0.3, 0.4) is 0 Å². The number of hydrogen-bond acceptors (Lipinski definition) is 3. The van der Waals surface area contributed by atoms with Gasteiger partial charge in [0.05, 0.1) is 12.2 Å². The van der Waals surface area contributed by atoms with E-state index in [4.69, 9.17) is 4.74 Å². The number of hydrogen-bond donors (Lipinski definition) is 0. The van der Waals surface area contributed by atoms with Crippen LogP contribution in [0.25, 0.3) is 0 Å². The number of carbonyl (C=O) groups is 2. The van der Waals surface area contributed by atoms with Gasteiger partial charge in [-0.05, 0) is 24.5 Å². The van der Waals surface area contributed by atoms with E-state index in [9.17, 15) is 9.59 Å². The molecule has 0 bridgehead atoms. The Bertz CT molecular complexity index is 583. The molecule has 1 aromatic rings. The van der Waals surface area contributed by atoms with E-state index >= 15 is 0 Å². The van der Waals surface area contributed by atoms with Crippen LogP contribution in [0, 0.1) is 0 Å². The van der Waals surface area contributed by atoms with Gasteiger partial charge in [0.25, 0.3) is 5.91 Å². The maximum atomic E-state index is 12.8. The lowest BCUT2D eigenvalue weighted by molar-refractivity contribution is -0.132. The van der Waals surface area contributed by atoms with Crippen molar-refractivity contribution in [1.82, 2.24) is 9.80 Å². The van der Waals surface area contributed by atoms with Gasteiger partial charge in [0.2, 0.25) is 5.91 Å². The summed E-state index contributed by atoms with van der Waals surface area (Å²) >= 11 is 0. The second kappa shape index (κ2) is 5.39. The van der Waals surface area contributed by atoms with Crippen LogP contribution in [0.5, 0.6) is 5.75 Å². The van der Waals surface area contributed by atoms with Crippen LogP contribution in [-0.4, -0.2) is 54.9 Å². The number of carbonyl (C=O) groups excluding carboxylic acids is 2. The van der Waals surface area contributed by atoms with Gasteiger partial charge in [-0.1, -0.05) is 12.1 Å². The molecule has 1 atom stereocenters. The van der Waals surface area contributed by atoms with Crippen molar-refractivity contribution in [3.63, 3.8) is 0 Å². The van der Waals surface area contributed by atoms with Crippen molar-refractivity contribution in [2.45, 2.75) is 25.3 Å². The molecule has 5 nitrogen and oxygen atoms in total. The lowest BCUT2D eigenvalue weighted by Gasteiger charge is -2.26. The molecule has 112 valence electrons. The summed E-state index contributed by atoms with van der Waals surface area (Å²) in [6.45, 7) is 1.26. The molecule has 0 spiro atoms. The first kappa shape index (κ1) is 13.9. The minimum Gasteiger partial charge on any atom is -0.492 e. The van der Waals surface area contributed by atoms with E-state index in [2.05, 4.69) is 0 Å². The molecule has 0 aliphatic carbocycles. The predicted octanol–water partition coefficient (Wildman–Crippen LogP) is 1.31. The summed E-state index contributed by atoms with van der Waals surface area (Å²) < 4.78 is 5.61. The molecule has 1 unspecified atom stereocenters. The molecule has 0 saturated carbocycles. The van der Waals surface area contributed by atoms with Gasteiger partial charge in [-0.3, -0.25) is 9.59 Å². The molecule has 3 rings (SSSR count). The van der Waals surface area contributed by atoms with E-state index in [0.29, 0.717) is 24.5 Å². The minimum atomic E-state index is -0.343. The Hall–Kier alpha value is -2.04. The van der Waals surface area contributed by atoms with Crippen molar-refractivity contribution in [2.75, 3.05) is 27.2 Å². The molecule has 2 heterocycles. The summed E-state index contributed by atoms with van der Waals surface area (Å²) in [6.07, 6.45) is 2.45. The minimum absolute atomic E-state index is 0.00524. The predicted molar refractivity (Wildman–Crippen MR) is 78.4 cm³/mol.